The number of nitrogens with one attached hydrogen (secondary N) is 2. The first-order chi connectivity index (χ1) is 11.7. The Morgan fingerprint density at radius 2 is 1.71 bits per heavy atom. The highest BCUT2D eigenvalue weighted by atomic mass is 16.2. The lowest BCUT2D eigenvalue weighted by molar-refractivity contribution is -0.122. The molecule has 5 heteroatoms. The zero-order valence-electron chi connectivity index (χ0n) is 15.3. The third kappa shape index (κ3) is 4.64. The van der Waals surface area contributed by atoms with Gasteiger partial charge in [-0.25, -0.2) is 0 Å². The third-order valence-electron chi connectivity index (χ3n) is 5.99. The summed E-state index contributed by atoms with van der Waals surface area (Å²) in [5.74, 6) is 1.53. The second-order valence-electron chi connectivity index (χ2n) is 7.98. The molecule has 0 aromatic heterocycles. The van der Waals surface area contributed by atoms with Gasteiger partial charge in [-0.15, -0.1) is 0 Å². The smallest absolute Gasteiger partial charge is 0.223 e. The van der Waals surface area contributed by atoms with Crippen LogP contribution in [0.4, 0.5) is 0 Å². The van der Waals surface area contributed by atoms with Crippen molar-refractivity contribution in [3.05, 3.63) is 0 Å². The first kappa shape index (κ1) is 17.6. The lowest BCUT2D eigenvalue weighted by Gasteiger charge is -2.44. The Hall–Kier alpha value is -1.26. The van der Waals surface area contributed by atoms with Gasteiger partial charge in [0.05, 0.1) is 0 Å². The van der Waals surface area contributed by atoms with E-state index < -0.39 is 0 Å². The fourth-order valence-electron chi connectivity index (χ4n) is 4.46. The molecule has 0 radical (unpaired) electrons. The molecular weight excluding hydrogens is 300 g/mol. The van der Waals surface area contributed by atoms with Crippen molar-refractivity contribution in [2.75, 3.05) is 33.2 Å². The molecule has 3 rings (SSSR count). The molecule has 0 atom stereocenters. The van der Waals surface area contributed by atoms with Crippen molar-refractivity contribution in [3.8, 4) is 0 Å². The number of amides is 1. The molecule has 2 aliphatic carbocycles. The van der Waals surface area contributed by atoms with Crippen LogP contribution in [0.5, 0.6) is 0 Å². The summed E-state index contributed by atoms with van der Waals surface area (Å²) in [6.07, 6.45) is 13.2. The number of rotatable bonds is 4. The zero-order chi connectivity index (χ0) is 16.8. The highest BCUT2D eigenvalue weighted by Crippen LogP contribution is 2.42. The molecule has 24 heavy (non-hydrogen) atoms. The van der Waals surface area contributed by atoms with Crippen LogP contribution in [0.15, 0.2) is 4.99 Å². The lowest BCUT2D eigenvalue weighted by Crippen LogP contribution is -2.51. The fourth-order valence-corrected chi connectivity index (χ4v) is 4.46. The third-order valence-corrected chi connectivity index (χ3v) is 5.99. The first-order valence-electron chi connectivity index (χ1n) is 9.96. The average Bonchev–Trinajstić information content (AvgIpc) is 3.43. The van der Waals surface area contributed by atoms with Gasteiger partial charge < -0.3 is 15.5 Å². The number of nitrogens with zero attached hydrogens (tertiary/aromatic N) is 2. The van der Waals surface area contributed by atoms with E-state index in [0.29, 0.717) is 17.9 Å². The van der Waals surface area contributed by atoms with Gasteiger partial charge in [0.2, 0.25) is 5.91 Å². The van der Waals surface area contributed by atoms with Crippen molar-refractivity contribution in [2.45, 2.75) is 64.2 Å². The van der Waals surface area contributed by atoms with Gasteiger partial charge in [0.15, 0.2) is 5.96 Å². The highest BCUT2D eigenvalue weighted by molar-refractivity contribution is 5.81. The van der Waals surface area contributed by atoms with E-state index in [4.69, 9.17) is 0 Å². The number of piperidine rings is 1. The number of guanidine groups is 1. The van der Waals surface area contributed by atoms with Crippen molar-refractivity contribution in [1.29, 1.82) is 0 Å². The average molecular weight is 335 g/mol. The minimum atomic E-state index is 0.224. The van der Waals surface area contributed by atoms with Crippen molar-refractivity contribution in [1.82, 2.24) is 15.5 Å². The monoisotopic (exact) mass is 334 g/mol. The molecule has 0 aromatic rings. The maximum atomic E-state index is 11.7. The van der Waals surface area contributed by atoms with E-state index in [1.54, 1.807) is 0 Å². The Bertz CT molecular complexity index is 450. The quantitative estimate of drug-likeness (QED) is 0.472. The van der Waals surface area contributed by atoms with E-state index in [-0.39, 0.29) is 5.91 Å². The molecule has 1 heterocycles. The minimum Gasteiger partial charge on any atom is -0.354 e. The molecule has 3 fully saturated rings. The van der Waals surface area contributed by atoms with E-state index in [1.165, 1.54) is 51.4 Å². The molecule has 1 amide bonds. The summed E-state index contributed by atoms with van der Waals surface area (Å²) in [6, 6.07) is 0. The van der Waals surface area contributed by atoms with Crippen molar-refractivity contribution in [2.24, 2.45) is 16.3 Å². The van der Waals surface area contributed by atoms with Gasteiger partial charge in [-0.3, -0.25) is 9.79 Å². The molecule has 1 aliphatic heterocycles. The van der Waals surface area contributed by atoms with Crippen LogP contribution in [-0.2, 0) is 4.79 Å². The predicted octanol–water partition coefficient (Wildman–Crippen LogP) is 2.52. The SMILES string of the molecule is CN=C(NCCNC(=O)C1CC1)N1CCCC2(CCCCCC2)C1. The van der Waals surface area contributed by atoms with Crippen LogP contribution >= 0.6 is 0 Å². The maximum Gasteiger partial charge on any atom is 0.223 e. The molecule has 3 aliphatic rings. The standard InChI is InChI=1S/C19H34N4O/c1-20-18(22-13-12-21-17(24)16-7-8-16)23-14-6-11-19(15-23)9-4-2-3-5-10-19/h16H,2-15H2,1H3,(H,20,22)(H,21,24). The molecule has 0 aromatic carbocycles. The summed E-state index contributed by atoms with van der Waals surface area (Å²) in [4.78, 5) is 18.6. The summed E-state index contributed by atoms with van der Waals surface area (Å²) < 4.78 is 0. The summed E-state index contributed by atoms with van der Waals surface area (Å²) >= 11 is 0. The second kappa shape index (κ2) is 8.21. The fraction of sp³-hybridized carbons (Fsp3) is 0.895. The number of carbonyl (C=O) groups excluding carboxylic acids is 1. The van der Waals surface area contributed by atoms with Gasteiger partial charge in [-0.1, -0.05) is 25.7 Å². The topological polar surface area (TPSA) is 56.7 Å². The van der Waals surface area contributed by atoms with E-state index in [9.17, 15) is 4.79 Å². The van der Waals surface area contributed by atoms with Crippen LogP contribution in [0.1, 0.15) is 64.2 Å². The number of aliphatic imine (C=N–C) groups is 1. The maximum absolute atomic E-state index is 11.7. The van der Waals surface area contributed by atoms with Gasteiger partial charge in [0.25, 0.3) is 0 Å². The van der Waals surface area contributed by atoms with Crippen LogP contribution in [0.3, 0.4) is 0 Å². The largest absolute Gasteiger partial charge is 0.354 e. The van der Waals surface area contributed by atoms with Crippen LogP contribution in [0, 0.1) is 11.3 Å². The molecule has 5 nitrogen and oxygen atoms in total. The van der Waals surface area contributed by atoms with Gasteiger partial charge in [-0.2, -0.15) is 0 Å². The Balaban J connectivity index is 1.46. The molecule has 1 saturated heterocycles. The van der Waals surface area contributed by atoms with Crippen LogP contribution in [-0.4, -0.2) is 50.0 Å². The van der Waals surface area contributed by atoms with Crippen LogP contribution < -0.4 is 10.6 Å². The molecule has 2 N–H and O–H groups in total. The summed E-state index contributed by atoms with van der Waals surface area (Å²) in [6.45, 7) is 3.71. The van der Waals surface area contributed by atoms with E-state index in [0.717, 1.165) is 38.4 Å². The molecular formula is C19H34N4O. The summed E-state index contributed by atoms with van der Waals surface area (Å²) in [7, 11) is 1.87. The molecule has 1 spiro atoms. The molecule has 0 bridgehead atoms. The first-order valence-corrected chi connectivity index (χ1v) is 9.96. The van der Waals surface area contributed by atoms with Gasteiger partial charge >= 0.3 is 0 Å². The van der Waals surface area contributed by atoms with Gasteiger partial charge in [-0.05, 0) is 43.9 Å². The Morgan fingerprint density at radius 3 is 2.38 bits per heavy atom. The predicted molar refractivity (Wildman–Crippen MR) is 98.0 cm³/mol. The second-order valence-corrected chi connectivity index (χ2v) is 7.98. The number of likely N-dealkylation sites (tertiary alicyclic amines) is 1. The van der Waals surface area contributed by atoms with Crippen molar-refractivity contribution in [3.63, 3.8) is 0 Å². The van der Waals surface area contributed by atoms with Gasteiger partial charge in [0.1, 0.15) is 0 Å². The number of hydrogen-bond donors (Lipinski definition) is 2. The van der Waals surface area contributed by atoms with Crippen LogP contribution in [0.2, 0.25) is 0 Å². The number of hydrogen-bond acceptors (Lipinski definition) is 2. The zero-order valence-corrected chi connectivity index (χ0v) is 15.3. The minimum absolute atomic E-state index is 0.224. The molecule has 2 saturated carbocycles. The van der Waals surface area contributed by atoms with Crippen molar-refractivity contribution >= 4 is 11.9 Å². The van der Waals surface area contributed by atoms with E-state index >= 15 is 0 Å². The van der Waals surface area contributed by atoms with E-state index in [2.05, 4.69) is 20.5 Å². The van der Waals surface area contributed by atoms with Crippen molar-refractivity contribution < 1.29 is 4.79 Å². The highest BCUT2D eigenvalue weighted by Gasteiger charge is 2.36. The summed E-state index contributed by atoms with van der Waals surface area (Å²) in [5, 5.41) is 6.47. The van der Waals surface area contributed by atoms with Crippen LogP contribution in [0.25, 0.3) is 0 Å². The number of carbonyl (C=O) groups is 1. The lowest BCUT2D eigenvalue weighted by atomic mass is 9.74. The van der Waals surface area contributed by atoms with E-state index in [1.807, 2.05) is 7.05 Å². The normalized spacial score (nSPS) is 24.5. The summed E-state index contributed by atoms with van der Waals surface area (Å²) in [5.41, 5.74) is 0.520. The Kier molecular flexibility index (Phi) is 6.01. The molecule has 136 valence electrons. The molecule has 0 unspecified atom stereocenters. The Labute approximate surface area is 146 Å². The Morgan fingerprint density at radius 1 is 1.04 bits per heavy atom. The van der Waals surface area contributed by atoms with Gasteiger partial charge in [0, 0.05) is 39.1 Å².